The van der Waals surface area contributed by atoms with Crippen molar-refractivity contribution in [1.82, 2.24) is 14.5 Å². The highest BCUT2D eigenvalue weighted by Crippen LogP contribution is 2.06. The van der Waals surface area contributed by atoms with Crippen molar-refractivity contribution in [2.24, 2.45) is 0 Å². The molecule has 0 saturated carbocycles. The molecule has 1 heterocycles. The molecule has 0 aliphatic carbocycles. The van der Waals surface area contributed by atoms with Gasteiger partial charge in [-0.3, -0.25) is 9.69 Å². The van der Waals surface area contributed by atoms with Crippen molar-refractivity contribution in [2.45, 2.75) is 6.54 Å². The van der Waals surface area contributed by atoms with Gasteiger partial charge in [-0.2, -0.15) is 4.31 Å². The smallest absolute Gasteiger partial charge is 0.235 e. The van der Waals surface area contributed by atoms with Crippen molar-refractivity contribution in [1.29, 1.82) is 0 Å². The number of sulfonamides is 1. The van der Waals surface area contributed by atoms with Crippen molar-refractivity contribution in [3.05, 3.63) is 35.6 Å². The zero-order valence-corrected chi connectivity index (χ0v) is 15.1. The van der Waals surface area contributed by atoms with Gasteiger partial charge in [-0.1, -0.05) is 18.2 Å². The van der Waals surface area contributed by atoms with Gasteiger partial charge in [0.25, 0.3) is 0 Å². The van der Waals surface area contributed by atoms with E-state index >= 15 is 0 Å². The molecule has 1 saturated heterocycles. The Morgan fingerprint density at radius 3 is 2.64 bits per heavy atom. The third-order valence-electron chi connectivity index (χ3n) is 3.99. The number of amides is 1. The van der Waals surface area contributed by atoms with Gasteiger partial charge >= 0.3 is 0 Å². The first-order valence-electron chi connectivity index (χ1n) is 8.11. The van der Waals surface area contributed by atoms with Crippen LogP contribution in [0.4, 0.5) is 4.39 Å². The van der Waals surface area contributed by atoms with Gasteiger partial charge in [0.1, 0.15) is 5.82 Å². The molecule has 25 heavy (non-hydrogen) atoms. The van der Waals surface area contributed by atoms with E-state index in [0.29, 0.717) is 25.3 Å². The first kappa shape index (κ1) is 19.8. The number of hydrogen-bond donors (Lipinski definition) is 1. The molecule has 9 heteroatoms. The largest absolute Gasteiger partial charge is 0.379 e. The number of halogens is 1. The van der Waals surface area contributed by atoms with E-state index in [4.69, 9.17) is 4.74 Å². The number of carbonyl (C=O) groups is 1. The number of rotatable bonds is 8. The number of hydrogen-bond acceptors (Lipinski definition) is 5. The standard InChI is InChI=1S/C16H24FN3O4S/c1-25(22,23)20(7-6-19-8-10-24-11-9-19)13-16(21)18-12-14-4-2-3-5-15(14)17/h2-5H,6-13H2,1H3,(H,18,21). The van der Waals surface area contributed by atoms with E-state index in [9.17, 15) is 17.6 Å². The molecule has 0 radical (unpaired) electrons. The molecule has 1 N–H and O–H groups in total. The van der Waals surface area contributed by atoms with E-state index in [0.717, 1.165) is 23.7 Å². The predicted molar refractivity (Wildman–Crippen MR) is 91.9 cm³/mol. The summed E-state index contributed by atoms with van der Waals surface area (Å²) >= 11 is 0. The first-order valence-corrected chi connectivity index (χ1v) is 9.96. The summed E-state index contributed by atoms with van der Waals surface area (Å²) in [5, 5.41) is 2.56. The van der Waals surface area contributed by atoms with Crippen LogP contribution in [0, 0.1) is 5.82 Å². The predicted octanol–water partition coefficient (Wildman–Crippen LogP) is 0.0357. The number of carbonyl (C=O) groups excluding carboxylic acids is 1. The fourth-order valence-electron chi connectivity index (χ4n) is 2.49. The Morgan fingerprint density at radius 2 is 2.00 bits per heavy atom. The molecule has 1 aliphatic heterocycles. The molecular weight excluding hydrogens is 349 g/mol. The summed E-state index contributed by atoms with van der Waals surface area (Å²) in [5.74, 6) is -0.870. The van der Waals surface area contributed by atoms with Gasteiger partial charge in [0.15, 0.2) is 0 Å². The highest BCUT2D eigenvalue weighted by Gasteiger charge is 2.21. The van der Waals surface area contributed by atoms with Gasteiger partial charge in [0.05, 0.1) is 26.0 Å². The van der Waals surface area contributed by atoms with Crippen LogP contribution in [0.3, 0.4) is 0 Å². The Morgan fingerprint density at radius 1 is 1.32 bits per heavy atom. The lowest BCUT2D eigenvalue weighted by molar-refractivity contribution is -0.121. The molecule has 1 amide bonds. The maximum absolute atomic E-state index is 13.5. The van der Waals surface area contributed by atoms with Crippen LogP contribution < -0.4 is 5.32 Å². The Labute approximate surface area is 147 Å². The highest BCUT2D eigenvalue weighted by atomic mass is 32.2. The Bertz CT molecular complexity index is 678. The van der Waals surface area contributed by atoms with Gasteiger partial charge in [-0.05, 0) is 6.07 Å². The van der Waals surface area contributed by atoms with Gasteiger partial charge < -0.3 is 10.1 Å². The Kier molecular flexibility index (Phi) is 7.30. The average Bonchev–Trinajstić information content (AvgIpc) is 2.58. The molecule has 7 nitrogen and oxygen atoms in total. The van der Waals surface area contributed by atoms with Crippen molar-refractivity contribution in [3.63, 3.8) is 0 Å². The van der Waals surface area contributed by atoms with Crippen LogP contribution in [0.5, 0.6) is 0 Å². The maximum atomic E-state index is 13.5. The molecule has 0 spiro atoms. The van der Waals surface area contributed by atoms with Crippen LogP contribution in [0.2, 0.25) is 0 Å². The molecule has 0 unspecified atom stereocenters. The zero-order valence-electron chi connectivity index (χ0n) is 14.3. The molecule has 0 aromatic heterocycles. The molecular formula is C16H24FN3O4S. The minimum atomic E-state index is -3.51. The summed E-state index contributed by atoms with van der Waals surface area (Å²) in [7, 11) is -3.51. The quantitative estimate of drug-likeness (QED) is 0.696. The monoisotopic (exact) mass is 373 g/mol. The molecule has 1 aliphatic rings. The van der Waals surface area contributed by atoms with Gasteiger partial charge in [0.2, 0.25) is 15.9 Å². The highest BCUT2D eigenvalue weighted by molar-refractivity contribution is 7.88. The van der Waals surface area contributed by atoms with Gasteiger partial charge in [-0.25, -0.2) is 12.8 Å². The van der Waals surface area contributed by atoms with E-state index in [-0.39, 0.29) is 19.6 Å². The van der Waals surface area contributed by atoms with Crippen LogP contribution in [0.15, 0.2) is 24.3 Å². The van der Waals surface area contributed by atoms with Crippen LogP contribution in [0.25, 0.3) is 0 Å². The second-order valence-electron chi connectivity index (χ2n) is 5.92. The van der Waals surface area contributed by atoms with E-state index in [2.05, 4.69) is 10.2 Å². The molecule has 2 rings (SSSR count). The Balaban J connectivity index is 1.85. The topological polar surface area (TPSA) is 79.0 Å². The SMILES string of the molecule is CS(=O)(=O)N(CCN1CCOCC1)CC(=O)NCc1ccccc1F. The maximum Gasteiger partial charge on any atom is 0.235 e. The van der Waals surface area contributed by atoms with E-state index in [1.165, 1.54) is 6.07 Å². The molecule has 1 aromatic carbocycles. The van der Waals surface area contributed by atoms with Gasteiger partial charge in [0, 0.05) is 38.3 Å². The van der Waals surface area contributed by atoms with E-state index in [1.54, 1.807) is 18.2 Å². The summed E-state index contributed by atoms with van der Waals surface area (Å²) in [6.45, 7) is 3.26. The summed E-state index contributed by atoms with van der Waals surface area (Å²) < 4.78 is 43.8. The Hall–Kier alpha value is -1.55. The van der Waals surface area contributed by atoms with Crippen molar-refractivity contribution in [3.8, 4) is 0 Å². The summed E-state index contributed by atoms with van der Waals surface area (Å²) in [5.41, 5.74) is 0.357. The molecule has 0 bridgehead atoms. The fourth-order valence-corrected chi connectivity index (χ4v) is 3.26. The lowest BCUT2D eigenvalue weighted by atomic mass is 10.2. The molecule has 1 aromatic rings. The lowest BCUT2D eigenvalue weighted by Gasteiger charge is -2.29. The second-order valence-corrected chi connectivity index (χ2v) is 7.90. The normalized spacial score (nSPS) is 16.1. The molecule has 140 valence electrons. The summed E-state index contributed by atoms with van der Waals surface area (Å²) in [6, 6.07) is 6.13. The second kappa shape index (κ2) is 9.23. The van der Waals surface area contributed by atoms with Crippen LogP contribution in [0.1, 0.15) is 5.56 Å². The number of ether oxygens (including phenoxy) is 1. The number of nitrogens with zero attached hydrogens (tertiary/aromatic N) is 2. The molecule has 0 atom stereocenters. The fraction of sp³-hybridized carbons (Fsp3) is 0.562. The third-order valence-corrected chi connectivity index (χ3v) is 5.24. The minimum absolute atomic E-state index is 0.0204. The number of benzene rings is 1. The molecule has 1 fully saturated rings. The minimum Gasteiger partial charge on any atom is -0.379 e. The van der Waals surface area contributed by atoms with Crippen molar-refractivity contribution < 1.29 is 22.3 Å². The number of morpholine rings is 1. The first-order chi connectivity index (χ1) is 11.9. The van der Waals surface area contributed by atoms with Crippen molar-refractivity contribution >= 4 is 15.9 Å². The van der Waals surface area contributed by atoms with Crippen LogP contribution >= 0.6 is 0 Å². The zero-order chi connectivity index (χ0) is 18.3. The number of nitrogens with one attached hydrogen (secondary N) is 1. The van der Waals surface area contributed by atoms with Crippen LogP contribution in [-0.2, 0) is 26.1 Å². The lowest BCUT2D eigenvalue weighted by Crippen LogP contribution is -2.45. The summed E-state index contributed by atoms with van der Waals surface area (Å²) in [4.78, 5) is 14.2. The summed E-state index contributed by atoms with van der Waals surface area (Å²) in [6.07, 6.45) is 1.08. The van der Waals surface area contributed by atoms with Gasteiger partial charge in [-0.15, -0.1) is 0 Å². The van der Waals surface area contributed by atoms with Crippen molar-refractivity contribution in [2.75, 3.05) is 52.2 Å². The van der Waals surface area contributed by atoms with Crippen LogP contribution in [-0.4, -0.2) is 75.7 Å². The third kappa shape index (κ3) is 6.69. The average molecular weight is 373 g/mol. The van der Waals surface area contributed by atoms with E-state index < -0.39 is 21.7 Å². The van der Waals surface area contributed by atoms with E-state index in [1.807, 2.05) is 0 Å².